The van der Waals surface area contributed by atoms with Crippen LogP contribution in [0.3, 0.4) is 0 Å². The van der Waals surface area contributed by atoms with E-state index in [9.17, 15) is 8.78 Å². The van der Waals surface area contributed by atoms with Crippen LogP contribution >= 0.6 is 11.3 Å². The van der Waals surface area contributed by atoms with E-state index in [1.165, 1.54) is 18.6 Å². The maximum atomic E-state index is 14.0. The smallest absolute Gasteiger partial charge is 0.229 e. The molecule has 1 saturated heterocycles. The van der Waals surface area contributed by atoms with Gasteiger partial charge in [0.05, 0.1) is 17.3 Å². The van der Waals surface area contributed by atoms with Crippen molar-refractivity contribution in [1.82, 2.24) is 14.9 Å². The van der Waals surface area contributed by atoms with Gasteiger partial charge in [-0.3, -0.25) is 4.90 Å². The van der Waals surface area contributed by atoms with E-state index in [0.29, 0.717) is 12.3 Å². The summed E-state index contributed by atoms with van der Waals surface area (Å²) in [5.74, 6) is -0.434. The molecule has 0 amide bonds. The van der Waals surface area contributed by atoms with E-state index in [2.05, 4.69) is 14.9 Å². The topological polar surface area (TPSA) is 42.2 Å². The summed E-state index contributed by atoms with van der Waals surface area (Å²) in [5.41, 5.74) is 0.961. The molecule has 1 atom stereocenters. The minimum absolute atomic E-state index is 0.177. The summed E-state index contributed by atoms with van der Waals surface area (Å²) in [5, 5.41) is 3.12. The second-order valence-corrected chi connectivity index (χ2v) is 7.42. The average Bonchev–Trinajstić information content (AvgIpc) is 3.26. The first kappa shape index (κ1) is 17.3. The number of halogens is 2. The van der Waals surface area contributed by atoms with Gasteiger partial charge in [-0.2, -0.15) is 0 Å². The minimum atomic E-state index is -0.670. The van der Waals surface area contributed by atoms with Gasteiger partial charge in [-0.05, 0) is 38.4 Å². The van der Waals surface area contributed by atoms with E-state index in [4.69, 9.17) is 4.42 Å². The summed E-state index contributed by atoms with van der Waals surface area (Å²) in [7, 11) is 0. The van der Waals surface area contributed by atoms with Gasteiger partial charge in [0.1, 0.15) is 22.4 Å². The number of oxazole rings is 1. The molecule has 136 valence electrons. The molecular weight excluding hydrogens is 356 g/mol. The number of benzene rings is 1. The van der Waals surface area contributed by atoms with Gasteiger partial charge in [0.25, 0.3) is 0 Å². The number of nitrogens with zero attached hydrogens (tertiary/aromatic N) is 3. The number of rotatable bonds is 4. The van der Waals surface area contributed by atoms with E-state index in [1.54, 1.807) is 11.3 Å². The molecule has 26 heavy (non-hydrogen) atoms. The molecule has 1 fully saturated rings. The molecule has 4 nitrogen and oxygen atoms in total. The summed E-state index contributed by atoms with van der Waals surface area (Å²) in [4.78, 5) is 11.3. The van der Waals surface area contributed by atoms with Crippen molar-refractivity contribution < 1.29 is 13.2 Å². The van der Waals surface area contributed by atoms with Crippen molar-refractivity contribution >= 4 is 11.3 Å². The van der Waals surface area contributed by atoms with E-state index >= 15 is 0 Å². The monoisotopic (exact) mass is 375 g/mol. The summed E-state index contributed by atoms with van der Waals surface area (Å²) in [6.07, 6.45) is 5.23. The van der Waals surface area contributed by atoms with Gasteiger partial charge in [-0.15, -0.1) is 11.3 Å². The van der Waals surface area contributed by atoms with Gasteiger partial charge >= 0.3 is 0 Å². The third kappa shape index (κ3) is 3.41. The van der Waals surface area contributed by atoms with E-state index in [1.807, 2.05) is 18.5 Å². The predicted octanol–water partition coefficient (Wildman–Crippen LogP) is 5.11. The number of aryl methyl sites for hydroxylation is 1. The molecule has 1 aromatic carbocycles. The maximum absolute atomic E-state index is 14.0. The second kappa shape index (κ2) is 7.25. The summed E-state index contributed by atoms with van der Waals surface area (Å²) in [6, 6.07) is 3.70. The highest BCUT2D eigenvalue weighted by Gasteiger charge is 2.27. The summed E-state index contributed by atoms with van der Waals surface area (Å²) in [6.45, 7) is 3.43. The van der Waals surface area contributed by atoms with Crippen LogP contribution in [-0.2, 0) is 6.54 Å². The first-order valence-corrected chi connectivity index (χ1v) is 9.55. The molecule has 2 aromatic heterocycles. The van der Waals surface area contributed by atoms with Gasteiger partial charge in [0.15, 0.2) is 0 Å². The van der Waals surface area contributed by atoms with Crippen LogP contribution in [0.2, 0.25) is 0 Å². The zero-order valence-corrected chi connectivity index (χ0v) is 15.2. The Hall–Kier alpha value is -2.12. The number of thiazole rings is 1. The van der Waals surface area contributed by atoms with Gasteiger partial charge in [0, 0.05) is 24.2 Å². The van der Waals surface area contributed by atoms with Crippen LogP contribution in [0, 0.1) is 18.6 Å². The number of hydrogen-bond donors (Lipinski definition) is 0. The van der Waals surface area contributed by atoms with Gasteiger partial charge in [-0.1, -0.05) is 6.42 Å². The van der Waals surface area contributed by atoms with Gasteiger partial charge in [-0.25, -0.2) is 18.7 Å². The predicted molar refractivity (Wildman–Crippen MR) is 95.7 cm³/mol. The number of piperidine rings is 1. The van der Waals surface area contributed by atoms with Crippen molar-refractivity contribution in [3.05, 3.63) is 57.9 Å². The zero-order chi connectivity index (χ0) is 18.1. The Labute approximate surface area is 154 Å². The van der Waals surface area contributed by atoms with Crippen molar-refractivity contribution in [2.24, 2.45) is 0 Å². The Bertz CT molecular complexity index is 894. The lowest BCUT2D eigenvalue weighted by molar-refractivity contribution is 0.138. The van der Waals surface area contributed by atoms with Crippen molar-refractivity contribution in [2.45, 2.75) is 38.8 Å². The molecule has 0 N–H and O–H groups in total. The molecule has 0 radical (unpaired) electrons. The Balaban J connectivity index is 1.59. The highest BCUT2D eigenvalue weighted by Crippen LogP contribution is 2.34. The van der Waals surface area contributed by atoms with Crippen LogP contribution in [0.4, 0.5) is 8.78 Å². The highest BCUT2D eigenvalue weighted by atomic mass is 32.1. The van der Waals surface area contributed by atoms with Crippen molar-refractivity contribution in [1.29, 1.82) is 0 Å². The molecule has 0 bridgehead atoms. The third-order valence-electron chi connectivity index (χ3n) is 4.76. The second-order valence-electron chi connectivity index (χ2n) is 6.50. The molecule has 3 heterocycles. The zero-order valence-electron chi connectivity index (χ0n) is 14.4. The fraction of sp³-hybridized carbons (Fsp3) is 0.368. The number of likely N-dealkylation sites (tertiary alicyclic amines) is 1. The molecule has 1 aliphatic rings. The van der Waals surface area contributed by atoms with Crippen LogP contribution in [0.15, 0.2) is 34.2 Å². The van der Waals surface area contributed by atoms with E-state index < -0.39 is 11.6 Å². The van der Waals surface area contributed by atoms with Crippen LogP contribution in [0.1, 0.15) is 41.8 Å². The largest absolute Gasteiger partial charge is 0.441 e. The van der Waals surface area contributed by atoms with E-state index in [-0.39, 0.29) is 17.5 Å². The number of hydrogen-bond acceptors (Lipinski definition) is 5. The van der Waals surface area contributed by atoms with Crippen LogP contribution < -0.4 is 0 Å². The maximum Gasteiger partial charge on any atom is 0.229 e. The van der Waals surface area contributed by atoms with Crippen molar-refractivity contribution in [3.8, 4) is 11.5 Å². The fourth-order valence-electron chi connectivity index (χ4n) is 3.40. The summed E-state index contributed by atoms with van der Waals surface area (Å²) >= 11 is 1.67. The normalized spacial score (nSPS) is 18.3. The first-order valence-electron chi connectivity index (χ1n) is 8.67. The molecule has 0 saturated carbocycles. The average molecular weight is 375 g/mol. The first-order chi connectivity index (χ1) is 12.6. The van der Waals surface area contributed by atoms with Gasteiger partial charge in [0.2, 0.25) is 5.89 Å². The van der Waals surface area contributed by atoms with Crippen molar-refractivity contribution in [3.63, 3.8) is 0 Å². The molecule has 1 unspecified atom stereocenters. The Kier molecular flexibility index (Phi) is 4.82. The minimum Gasteiger partial charge on any atom is -0.441 e. The quantitative estimate of drug-likeness (QED) is 0.635. The molecule has 0 aliphatic carbocycles. The summed E-state index contributed by atoms with van der Waals surface area (Å²) < 4.78 is 32.8. The Morgan fingerprint density at radius 2 is 2.19 bits per heavy atom. The molecule has 1 aliphatic heterocycles. The van der Waals surface area contributed by atoms with E-state index in [0.717, 1.165) is 36.2 Å². The van der Waals surface area contributed by atoms with Crippen LogP contribution in [-0.4, -0.2) is 21.4 Å². The standard InChI is InChI=1S/C19H19F2N3OS/c1-12-16(23-18(25-12)14-6-5-13(20)10-15(14)21)11-24-8-3-2-4-17(24)19-22-7-9-26-19/h5-7,9-10,17H,2-4,8,11H2,1H3. The highest BCUT2D eigenvalue weighted by molar-refractivity contribution is 7.09. The number of aromatic nitrogens is 2. The van der Waals surface area contributed by atoms with Gasteiger partial charge < -0.3 is 4.42 Å². The Morgan fingerprint density at radius 1 is 1.31 bits per heavy atom. The SMILES string of the molecule is Cc1oc(-c2ccc(F)cc2F)nc1CN1CCCCC1c1nccs1. The molecule has 0 spiro atoms. The lowest BCUT2D eigenvalue weighted by Gasteiger charge is -2.33. The fourth-order valence-corrected chi connectivity index (χ4v) is 4.21. The van der Waals surface area contributed by atoms with Crippen LogP contribution in [0.25, 0.3) is 11.5 Å². The molecule has 7 heteroatoms. The Morgan fingerprint density at radius 3 is 2.96 bits per heavy atom. The van der Waals surface area contributed by atoms with Crippen molar-refractivity contribution in [2.75, 3.05) is 6.54 Å². The van der Waals surface area contributed by atoms with Crippen LogP contribution in [0.5, 0.6) is 0 Å². The molecule has 4 rings (SSSR count). The molecular formula is C19H19F2N3OS. The molecule has 3 aromatic rings. The lowest BCUT2D eigenvalue weighted by atomic mass is 10.0. The lowest BCUT2D eigenvalue weighted by Crippen LogP contribution is -2.33. The third-order valence-corrected chi connectivity index (χ3v) is 5.63.